The molecular weight excluding hydrogens is 321 g/mol. The molecule has 16 heavy (non-hydrogen) atoms. The van der Waals surface area contributed by atoms with Crippen molar-refractivity contribution < 1.29 is 9.59 Å². The van der Waals surface area contributed by atoms with Gasteiger partial charge in [-0.1, -0.05) is 0 Å². The van der Waals surface area contributed by atoms with Crippen LogP contribution in [0.5, 0.6) is 0 Å². The van der Waals surface area contributed by atoms with E-state index >= 15 is 0 Å². The molecule has 0 spiro atoms. The van der Waals surface area contributed by atoms with Gasteiger partial charge >= 0.3 is 0 Å². The van der Waals surface area contributed by atoms with Crippen molar-refractivity contribution in [2.24, 2.45) is 0 Å². The lowest BCUT2D eigenvalue weighted by atomic mass is 10.1. The molecule has 0 aromatic carbocycles. The Morgan fingerprint density at radius 2 is 2.12 bits per heavy atom. The predicted octanol–water partition coefficient (Wildman–Crippen LogP) is 0.679. The van der Waals surface area contributed by atoms with Crippen LogP contribution in [0, 0.1) is 3.57 Å². The van der Waals surface area contributed by atoms with Gasteiger partial charge in [0.25, 0.3) is 0 Å². The van der Waals surface area contributed by atoms with Crippen LogP contribution in [0.4, 0.5) is 0 Å². The van der Waals surface area contributed by atoms with Crippen molar-refractivity contribution in [1.82, 2.24) is 14.7 Å². The third kappa shape index (κ3) is 2.81. The lowest BCUT2D eigenvalue weighted by Crippen LogP contribution is -2.40. The number of ketones is 1. The van der Waals surface area contributed by atoms with Crippen LogP contribution in [0.2, 0.25) is 0 Å². The highest BCUT2D eigenvalue weighted by Gasteiger charge is 2.20. The van der Waals surface area contributed by atoms with E-state index in [0.29, 0.717) is 25.9 Å². The summed E-state index contributed by atoms with van der Waals surface area (Å²) >= 11 is 2.15. The molecule has 0 saturated carbocycles. The van der Waals surface area contributed by atoms with E-state index in [1.54, 1.807) is 15.8 Å². The number of hydrogen-bond acceptors (Lipinski definition) is 3. The molecule has 1 amide bonds. The van der Waals surface area contributed by atoms with E-state index < -0.39 is 0 Å². The minimum absolute atomic E-state index is 0.0343. The van der Waals surface area contributed by atoms with Gasteiger partial charge in [-0.25, -0.2) is 0 Å². The quantitative estimate of drug-likeness (QED) is 0.748. The monoisotopic (exact) mass is 333 g/mol. The highest BCUT2D eigenvalue weighted by Crippen LogP contribution is 2.07. The van der Waals surface area contributed by atoms with Crippen LogP contribution in [-0.2, 0) is 16.1 Å². The fourth-order valence-electron chi connectivity index (χ4n) is 1.67. The fourth-order valence-corrected chi connectivity index (χ4v) is 2.11. The second-order valence-electron chi connectivity index (χ2n) is 3.78. The average Bonchev–Trinajstić information content (AvgIpc) is 2.65. The van der Waals surface area contributed by atoms with Gasteiger partial charge in [0.1, 0.15) is 12.3 Å². The van der Waals surface area contributed by atoms with E-state index in [2.05, 4.69) is 27.7 Å². The molecule has 1 aromatic rings. The minimum atomic E-state index is 0.0343. The SMILES string of the molecule is O=C1CCN(C(=O)Cn2cc(I)cn2)CC1. The van der Waals surface area contributed by atoms with Crippen LogP contribution >= 0.6 is 22.6 Å². The van der Waals surface area contributed by atoms with Gasteiger partial charge in [-0.2, -0.15) is 5.10 Å². The Bertz CT molecular complexity index is 406. The second kappa shape index (κ2) is 4.94. The summed E-state index contributed by atoms with van der Waals surface area (Å²) in [5, 5.41) is 4.06. The summed E-state index contributed by atoms with van der Waals surface area (Å²) in [6.07, 6.45) is 4.52. The zero-order valence-corrected chi connectivity index (χ0v) is 10.9. The molecule has 0 aliphatic carbocycles. The maximum Gasteiger partial charge on any atom is 0.244 e. The molecule has 1 saturated heterocycles. The predicted molar refractivity (Wildman–Crippen MR) is 65.8 cm³/mol. The summed E-state index contributed by atoms with van der Waals surface area (Å²) in [6.45, 7) is 1.36. The maximum atomic E-state index is 11.8. The standard InChI is InChI=1S/C10H12IN3O2/c11-8-5-12-14(6-8)7-10(16)13-3-1-9(15)2-4-13/h5-6H,1-4,7H2. The molecule has 1 fully saturated rings. The Kier molecular flexibility index (Phi) is 3.57. The molecule has 2 rings (SSSR count). The van der Waals surface area contributed by atoms with Crippen LogP contribution in [0.1, 0.15) is 12.8 Å². The Balaban J connectivity index is 1.91. The van der Waals surface area contributed by atoms with E-state index in [4.69, 9.17) is 0 Å². The molecule has 1 aliphatic heterocycles. The summed E-state index contributed by atoms with van der Waals surface area (Å²) in [7, 11) is 0. The van der Waals surface area contributed by atoms with Crippen molar-refractivity contribution in [3.63, 3.8) is 0 Å². The van der Waals surface area contributed by atoms with Gasteiger partial charge in [0.15, 0.2) is 0 Å². The number of carbonyl (C=O) groups excluding carboxylic acids is 2. The van der Waals surface area contributed by atoms with Gasteiger partial charge in [-0.15, -0.1) is 0 Å². The number of halogens is 1. The molecule has 1 aliphatic rings. The fraction of sp³-hybridized carbons (Fsp3) is 0.500. The first-order valence-electron chi connectivity index (χ1n) is 5.12. The van der Waals surface area contributed by atoms with Crippen molar-refractivity contribution in [2.75, 3.05) is 13.1 Å². The number of carbonyl (C=O) groups is 2. The van der Waals surface area contributed by atoms with Crippen LogP contribution in [0.25, 0.3) is 0 Å². The molecule has 0 bridgehead atoms. The molecule has 0 N–H and O–H groups in total. The smallest absolute Gasteiger partial charge is 0.244 e. The van der Waals surface area contributed by atoms with Crippen LogP contribution in [0.3, 0.4) is 0 Å². The van der Waals surface area contributed by atoms with E-state index in [1.807, 2.05) is 6.20 Å². The number of aromatic nitrogens is 2. The van der Waals surface area contributed by atoms with Gasteiger partial charge in [0.2, 0.25) is 5.91 Å². The number of piperidine rings is 1. The largest absolute Gasteiger partial charge is 0.340 e. The van der Waals surface area contributed by atoms with Gasteiger partial charge < -0.3 is 4.90 Å². The van der Waals surface area contributed by atoms with Gasteiger partial charge in [-0.05, 0) is 22.6 Å². The Morgan fingerprint density at radius 3 is 2.69 bits per heavy atom. The number of rotatable bonds is 2. The molecule has 2 heterocycles. The number of likely N-dealkylation sites (tertiary alicyclic amines) is 1. The van der Waals surface area contributed by atoms with E-state index in [-0.39, 0.29) is 18.2 Å². The van der Waals surface area contributed by atoms with E-state index in [0.717, 1.165) is 3.57 Å². The van der Waals surface area contributed by atoms with Crippen LogP contribution in [-0.4, -0.2) is 39.5 Å². The molecule has 5 nitrogen and oxygen atoms in total. The van der Waals surface area contributed by atoms with Gasteiger partial charge in [0, 0.05) is 32.1 Å². The summed E-state index contributed by atoms with van der Waals surface area (Å²) in [5.74, 6) is 0.282. The second-order valence-corrected chi connectivity index (χ2v) is 5.02. The highest BCUT2D eigenvalue weighted by molar-refractivity contribution is 14.1. The topological polar surface area (TPSA) is 55.2 Å². The highest BCUT2D eigenvalue weighted by atomic mass is 127. The molecule has 1 aromatic heterocycles. The first kappa shape index (κ1) is 11.6. The molecule has 0 unspecified atom stereocenters. The van der Waals surface area contributed by atoms with Crippen molar-refractivity contribution in [1.29, 1.82) is 0 Å². The normalized spacial score (nSPS) is 16.6. The van der Waals surface area contributed by atoms with Gasteiger partial charge in [0.05, 0.1) is 9.77 Å². The number of amides is 1. The lowest BCUT2D eigenvalue weighted by Gasteiger charge is -2.25. The molecule has 0 radical (unpaired) electrons. The zero-order valence-electron chi connectivity index (χ0n) is 8.73. The Hall–Kier alpha value is -0.920. The first-order valence-corrected chi connectivity index (χ1v) is 6.20. The summed E-state index contributed by atoms with van der Waals surface area (Å²) in [4.78, 5) is 24.6. The van der Waals surface area contributed by atoms with E-state index in [9.17, 15) is 9.59 Å². The van der Waals surface area contributed by atoms with Crippen molar-refractivity contribution in [2.45, 2.75) is 19.4 Å². The summed E-state index contributed by atoms with van der Waals surface area (Å²) in [5.41, 5.74) is 0. The third-order valence-corrected chi connectivity index (χ3v) is 3.13. The van der Waals surface area contributed by atoms with E-state index in [1.165, 1.54) is 0 Å². The summed E-state index contributed by atoms with van der Waals surface area (Å²) < 4.78 is 2.64. The maximum absolute atomic E-state index is 11.8. The third-order valence-electron chi connectivity index (χ3n) is 2.57. The Morgan fingerprint density at radius 1 is 1.44 bits per heavy atom. The number of Topliss-reactive ketones (excluding diaryl/α,β-unsaturated/α-hetero) is 1. The zero-order chi connectivity index (χ0) is 11.5. The molecule has 6 heteroatoms. The van der Waals surface area contributed by atoms with Crippen LogP contribution < -0.4 is 0 Å². The number of hydrogen-bond donors (Lipinski definition) is 0. The van der Waals surface area contributed by atoms with Crippen molar-refractivity contribution in [3.05, 3.63) is 16.0 Å². The molecule has 86 valence electrons. The average molecular weight is 333 g/mol. The first-order chi connectivity index (χ1) is 7.65. The molecular formula is C10H12IN3O2. The summed E-state index contributed by atoms with van der Waals surface area (Å²) in [6, 6.07) is 0. The lowest BCUT2D eigenvalue weighted by molar-refractivity contribution is -0.135. The Labute approximate surface area is 107 Å². The van der Waals surface area contributed by atoms with Crippen LogP contribution in [0.15, 0.2) is 12.4 Å². The van der Waals surface area contributed by atoms with Gasteiger partial charge in [-0.3, -0.25) is 14.3 Å². The van der Waals surface area contributed by atoms with Crippen molar-refractivity contribution in [3.8, 4) is 0 Å². The molecule has 0 atom stereocenters. The number of nitrogens with zero attached hydrogens (tertiary/aromatic N) is 3. The minimum Gasteiger partial charge on any atom is -0.340 e. The van der Waals surface area contributed by atoms with Crippen molar-refractivity contribution >= 4 is 34.3 Å².